The number of carboxylic acids is 1. The van der Waals surface area contributed by atoms with Gasteiger partial charge < -0.3 is 5.11 Å². The highest BCUT2D eigenvalue weighted by molar-refractivity contribution is 5.92. The summed E-state index contributed by atoms with van der Waals surface area (Å²) in [6.07, 6.45) is 2.76. The molecular formula is C14H16N2O2. The molecule has 18 heavy (non-hydrogen) atoms. The van der Waals surface area contributed by atoms with Crippen LogP contribution in [0, 0.1) is 6.92 Å². The van der Waals surface area contributed by atoms with Gasteiger partial charge in [-0.15, -0.1) is 0 Å². The highest BCUT2D eigenvalue weighted by Gasteiger charge is 2.15. The van der Waals surface area contributed by atoms with Gasteiger partial charge in [-0.2, -0.15) is 5.10 Å². The number of carbonyl (C=O) groups is 1. The molecule has 0 amide bonds. The van der Waals surface area contributed by atoms with Crippen LogP contribution in [-0.2, 0) is 13.5 Å². The smallest absolute Gasteiger partial charge is 0.335 e. The SMILES string of the molecule is CCc1nn(C)cc1-c1cccc(C(=O)O)c1C. The molecule has 0 aliphatic heterocycles. The summed E-state index contributed by atoms with van der Waals surface area (Å²) in [7, 11) is 1.87. The summed E-state index contributed by atoms with van der Waals surface area (Å²) in [6.45, 7) is 3.88. The van der Waals surface area contributed by atoms with Gasteiger partial charge in [0.15, 0.2) is 0 Å². The summed E-state index contributed by atoms with van der Waals surface area (Å²) in [4.78, 5) is 11.1. The molecule has 0 radical (unpaired) electrons. The maximum absolute atomic E-state index is 11.1. The minimum atomic E-state index is -0.892. The standard InChI is InChI=1S/C14H16N2O2/c1-4-13-12(8-16(3)15-13)10-6-5-7-11(9(10)2)14(17)18/h5-8H,4H2,1-3H3,(H,17,18). The van der Waals surface area contributed by atoms with Gasteiger partial charge >= 0.3 is 5.97 Å². The summed E-state index contributed by atoms with van der Waals surface area (Å²) >= 11 is 0. The normalized spacial score (nSPS) is 10.6. The van der Waals surface area contributed by atoms with E-state index in [1.807, 2.05) is 33.2 Å². The van der Waals surface area contributed by atoms with Crippen LogP contribution in [0.25, 0.3) is 11.1 Å². The molecular weight excluding hydrogens is 228 g/mol. The van der Waals surface area contributed by atoms with Gasteiger partial charge in [-0.25, -0.2) is 4.79 Å². The van der Waals surface area contributed by atoms with Crippen LogP contribution in [0.1, 0.15) is 28.5 Å². The maximum Gasteiger partial charge on any atom is 0.335 e. The number of aromatic nitrogens is 2. The van der Waals surface area contributed by atoms with E-state index in [4.69, 9.17) is 5.11 Å². The van der Waals surface area contributed by atoms with E-state index in [0.717, 1.165) is 28.8 Å². The van der Waals surface area contributed by atoms with Gasteiger partial charge in [-0.1, -0.05) is 19.1 Å². The zero-order valence-electron chi connectivity index (χ0n) is 10.8. The number of nitrogens with zero attached hydrogens (tertiary/aromatic N) is 2. The predicted octanol–water partition coefficient (Wildman–Crippen LogP) is 2.66. The fraction of sp³-hybridized carbons (Fsp3) is 0.286. The Morgan fingerprint density at radius 3 is 2.72 bits per heavy atom. The van der Waals surface area contributed by atoms with Gasteiger partial charge in [-0.05, 0) is 30.5 Å². The van der Waals surface area contributed by atoms with Crippen LogP contribution >= 0.6 is 0 Å². The van der Waals surface area contributed by atoms with E-state index in [1.165, 1.54) is 0 Å². The molecule has 4 heteroatoms. The minimum absolute atomic E-state index is 0.346. The molecule has 0 aliphatic carbocycles. The summed E-state index contributed by atoms with van der Waals surface area (Å²) in [5, 5.41) is 13.5. The van der Waals surface area contributed by atoms with Crippen molar-refractivity contribution in [3.63, 3.8) is 0 Å². The molecule has 0 unspecified atom stereocenters. The second-order valence-electron chi connectivity index (χ2n) is 4.30. The number of aromatic carboxylic acids is 1. The summed E-state index contributed by atoms with van der Waals surface area (Å²) in [6, 6.07) is 5.35. The summed E-state index contributed by atoms with van der Waals surface area (Å²) in [5.41, 5.74) is 4.08. The van der Waals surface area contributed by atoms with Crippen LogP contribution < -0.4 is 0 Å². The van der Waals surface area contributed by atoms with Gasteiger partial charge in [0.1, 0.15) is 0 Å². The van der Waals surface area contributed by atoms with Crippen LogP contribution in [0.15, 0.2) is 24.4 Å². The molecule has 0 atom stereocenters. The van der Waals surface area contributed by atoms with Crippen molar-refractivity contribution in [2.75, 3.05) is 0 Å². The van der Waals surface area contributed by atoms with Crippen molar-refractivity contribution in [2.45, 2.75) is 20.3 Å². The van der Waals surface area contributed by atoms with Gasteiger partial charge in [-0.3, -0.25) is 4.68 Å². The zero-order chi connectivity index (χ0) is 13.3. The first-order valence-electron chi connectivity index (χ1n) is 5.90. The molecule has 4 nitrogen and oxygen atoms in total. The molecule has 2 aromatic rings. The van der Waals surface area contributed by atoms with Crippen molar-refractivity contribution < 1.29 is 9.90 Å². The van der Waals surface area contributed by atoms with E-state index in [2.05, 4.69) is 5.10 Å². The Morgan fingerprint density at radius 2 is 2.11 bits per heavy atom. The lowest BCUT2D eigenvalue weighted by molar-refractivity contribution is 0.0696. The largest absolute Gasteiger partial charge is 0.478 e. The number of rotatable bonds is 3. The van der Waals surface area contributed by atoms with Crippen LogP contribution in [0.2, 0.25) is 0 Å². The Morgan fingerprint density at radius 1 is 1.39 bits per heavy atom. The van der Waals surface area contributed by atoms with E-state index in [0.29, 0.717) is 5.56 Å². The number of carboxylic acid groups (broad SMARTS) is 1. The van der Waals surface area contributed by atoms with E-state index in [1.54, 1.807) is 16.8 Å². The van der Waals surface area contributed by atoms with E-state index in [-0.39, 0.29) is 0 Å². The molecule has 2 rings (SSSR count). The Labute approximate surface area is 106 Å². The first-order chi connectivity index (χ1) is 8.54. The van der Waals surface area contributed by atoms with Gasteiger partial charge in [0, 0.05) is 18.8 Å². The lowest BCUT2D eigenvalue weighted by atomic mass is 9.96. The van der Waals surface area contributed by atoms with Crippen LogP contribution in [0.4, 0.5) is 0 Å². The lowest BCUT2D eigenvalue weighted by Gasteiger charge is -2.08. The van der Waals surface area contributed by atoms with Crippen molar-refractivity contribution >= 4 is 5.97 Å². The lowest BCUT2D eigenvalue weighted by Crippen LogP contribution is -2.01. The fourth-order valence-corrected chi connectivity index (χ4v) is 2.18. The highest BCUT2D eigenvalue weighted by atomic mass is 16.4. The molecule has 0 aliphatic rings. The predicted molar refractivity (Wildman–Crippen MR) is 69.7 cm³/mol. The third-order valence-corrected chi connectivity index (χ3v) is 3.09. The molecule has 1 aromatic heterocycles. The molecule has 0 saturated carbocycles. The average molecular weight is 244 g/mol. The van der Waals surface area contributed by atoms with Gasteiger partial charge in [0.25, 0.3) is 0 Å². The number of benzene rings is 1. The topological polar surface area (TPSA) is 55.1 Å². The molecule has 0 bridgehead atoms. The van der Waals surface area contributed by atoms with Gasteiger partial charge in [0.05, 0.1) is 11.3 Å². The molecule has 94 valence electrons. The number of hydrogen-bond acceptors (Lipinski definition) is 2. The number of aryl methyl sites for hydroxylation is 2. The van der Waals surface area contributed by atoms with Crippen LogP contribution in [0.3, 0.4) is 0 Å². The summed E-state index contributed by atoms with van der Waals surface area (Å²) in [5.74, 6) is -0.892. The fourth-order valence-electron chi connectivity index (χ4n) is 2.18. The second-order valence-corrected chi connectivity index (χ2v) is 4.30. The van der Waals surface area contributed by atoms with Gasteiger partial charge in [0.2, 0.25) is 0 Å². The molecule has 0 spiro atoms. The Kier molecular flexibility index (Phi) is 3.19. The monoisotopic (exact) mass is 244 g/mol. The zero-order valence-corrected chi connectivity index (χ0v) is 10.8. The molecule has 0 fully saturated rings. The van der Waals surface area contributed by atoms with E-state index < -0.39 is 5.97 Å². The Balaban J connectivity index is 2.64. The van der Waals surface area contributed by atoms with Crippen molar-refractivity contribution in [3.05, 3.63) is 41.2 Å². The van der Waals surface area contributed by atoms with E-state index >= 15 is 0 Å². The first kappa shape index (κ1) is 12.4. The van der Waals surface area contributed by atoms with E-state index in [9.17, 15) is 4.79 Å². The third-order valence-electron chi connectivity index (χ3n) is 3.09. The van der Waals surface area contributed by atoms with Crippen LogP contribution in [-0.4, -0.2) is 20.9 Å². The first-order valence-corrected chi connectivity index (χ1v) is 5.90. The third kappa shape index (κ3) is 2.01. The Hall–Kier alpha value is -2.10. The van der Waals surface area contributed by atoms with Crippen LogP contribution in [0.5, 0.6) is 0 Å². The molecule has 1 N–H and O–H groups in total. The molecule has 0 saturated heterocycles. The quantitative estimate of drug-likeness (QED) is 0.903. The van der Waals surface area contributed by atoms with Crippen molar-refractivity contribution in [3.8, 4) is 11.1 Å². The molecule has 1 aromatic carbocycles. The Bertz CT molecular complexity index is 600. The highest BCUT2D eigenvalue weighted by Crippen LogP contribution is 2.28. The minimum Gasteiger partial charge on any atom is -0.478 e. The maximum atomic E-state index is 11.1. The molecule has 1 heterocycles. The average Bonchev–Trinajstić information content (AvgIpc) is 2.70. The van der Waals surface area contributed by atoms with Crippen molar-refractivity contribution in [2.24, 2.45) is 7.05 Å². The van der Waals surface area contributed by atoms with Crippen molar-refractivity contribution in [1.82, 2.24) is 9.78 Å². The summed E-state index contributed by atoms with van der Waals surface area (Å²) < 4.78 is 1.76. The number of hydrogen-bond donors (Lipinski definition) is 1. The second kappa shape index (κ2) is 4.64. The van der Waals surface area contributed by atoms with Crippen molar-refractivity contribution in [1.29, 1.82) is 0 Å².